The van der Waals surface area contributed by atoms with E-state index >= 15 is 0 Å². The summed E-state index contributed by atoms with van der Waals surface area (Å²) >= 11 is 0. The molecule has 4 saturated carbocycles. The van der Waals surface area contributed by atoms with Gasteiger partial charge < -0.3 is 9.80 Å². The molecule has 0 N–H and O–H groups in total. The molecule has 3 heteroatoms. The molecule has 3 nitrogen and oxygen atoms in total. The van der Waals surface area contributed by atoms with E-state index in [-0.39, 0.29) is 5.91 Å². The van der Waals surface area contributed by atoms with Gasteiger partial charge in [-0.3, -0.25) is 4.79 Å². The third kappa shape index (κ3) is 4.21. The Bertz CT molecular complexity index is 955. The molecule has 1 amide bonds. The second kappa shape index (κ2) is 9.15. The minimum atomic E-state index is 0.282. The third-order valence-corrected chi connectivity index (χ3v) is 9.67. The molecule has 1 heterocycles. The first kappa shape index (κ1) is 22.3. The van der Waals surface area contributed by atoms with Crippen molar-refractivity contribution in [1.29, 1.82) is 0 Å². The van der Waals surface area contributed by atoms with Crippen molar-refractivity contribution in [3.8, 4) is 0 Å². The summed E-state index contributed by atoms with van der Waals surface area (Å²) in [6.45, 7) is 7.02. The van der Waals surface area contributed by atoms with Gasteiger partial charge >= 0.3 is 0 Å². The molecular weight excluding hydrogens is 416 g/mol. The second-order valence-electron chi connectivity index (χ2n) is 11.9. The first-order valence-electron chi connectivity index (χ1n) is 13.8. The van der Waals surface area contributed by atoms with Crippen molar-refractivity contribution in [3.63, 3.8) is 0 Å². The number of carbonyl (C=O) groups is 1. The minimum Gasteiger partial charge on any atom is -0.340 e. The van der Waals surface area contributed by atoms with Crippen LogP contribution >= 0.6 is 0 Å². The van der Waals surface area contributed by atoms with E-state index in [1.807, 2.05) is 0 Å². The zero-order valence-electron chi connectivity index (χ0n) is 20.8. The first-order chi connectivity index (χ1) is 16.6. The van der Waals surface area contributed by atoms with Gasteiger partial charge in [0.05, 0.1) is 6.42 Å². The zero-order chi connectivity index (χ0) is 23.1. The average molecular weight is 457 g/mol. The Morgan fingerprint density at radius 1 is 0.824 bits per heavy atom. The number of hydrogen-bond donors (Lipinski definition) is 0. The Balaban J connectivity index is 1.23. The highest BCUT2D eigenvalue weighted by molar-refractivity contribution is 5.79. The van der Waals surface area contributed by atoms with Crippen LogP contribution in [0.4, 0.5) is 0 Å². The van der Waals surface area contributed by atoms with Gasteiger partial charge in [-0.2, -0.15) is 0 Å². The number of rotatable bonds is 6. The predicted molar refractivity (Wildman–Crippen MR) is 138 cm³/mol. The van der Waals surface area contributed by atoms with Crippen LogP contribution in [0, 0.1) is 23.2 Å². The molecule has 0 aromatic heterocycles. The van der Waals surface area contributed by atoms with Crippen molar-refractivity contribution in [2.24, 2.45) is 23.2 Å². The smallest absolute Gasteiger partial charge is 0.227 e. The highest BCUT2D eigenvalue weighted by Crippen LogP contribution is 2.65. The number of carbonyl (C=O) groups excluding carboxylic acids is 1. The molecule has 34 heavy (non-hydrogen) atoms. The molecule has 2 aromatic rings. The Morgan fingerprint density at radius 2 is 1.38 bits per heavy atom. The normalized spacial score (nSPS) is 31.6. The Kier molecular flexibility index (Phi) is 6.01. The van der Waals surface area contributed by atoms with E-state index < -0.39 is 0 Å². The molecule has 5 fully saturated rings. The molecule has 1 aliphatic heterocycles. The van der Waals surface area contributed by atoms with E-state index in [1.165, 1.54) is 49.7 Å². The maximum atomic E-state index is 12.9. The van der Waals surface area contributed by atoms with Crippen LogP contribution in [0.3, 0.4) is 0 Å². The van der Waals surface area contributed by atoms with Crippen LogP contribution in [0.1, 0.15) is 68.1 Å². The van der Waals surface area contributed by atoms with E-state index in [1.54, 1.807) is 0 Å². The number of likely N-dealkylation sites (N-methyl/N-ethyl adjacent to an activating group) is 1. The van der Waals surface area contributed by atoms with E-state index in [9.17, 15) is 4.79 Å². The molecule has 1 saturated heterocycles. The van der Waals surface area contributed by atoms with Gasteiger partial charge in [0.25, 0.3) is 0 Å². The lowest BCUT2D eigenvalue weighted by Crippen LogP contribution is -2.49. The van der Waals surface area contributed by atoms with Gasteiger partial charge in [-0.1, -0.05) is 61.5 Å². The van der Waals surface area contributed by atoms with Gasteiger partial charge in [-0.15, -0.1) is 0 Å². The SMILES string of the molecule is CCN1CCN(C(=O)Cc2ccc(C(c3ccccc3)C34CC5CC(CC(C5)C3)C4)cc2)CC1. The number of hydrogen-bond acceptors (Lipinski definition) is 2. The van der Waals surface area contributed by atoms with Crippen LogP contribution in [0.15, 0.2) is 54.6 Å². The van der Waals surface area contributed by atoms with Crippen LogP contribution in [-0.4, -0.2) is 48.4 Å². The average Bonchev–Trinajstić information content (AvgIpc) is 2.85. The third-order valence-electron chi connectivity index (χ3n) is 9.67. The molecule has 7 rings (SSSR count). The fraction of sp³-hybridized carbons (Fsp3) is 0.581. The van der Waals surface area contributed by atoms with Gasteiger partial charge in [0.2, 0.25) is 5.91 Å². The molecule has 4 bridgehead atoms. The largest absolute Gasteiger partial charge is 0.340 e. The van der Waals surface area contributed by atoms with Crippen LogP contribution in [-0.2, 0) is 11.2 Å². The van der Waals surface area contributed by atoms with E-state index in [4.69, 9.17) is 0 Å². The summed E-state index contributed by atoms with van der Waals surface area (Å²) in [6, 6.07) is 20.5. The second-order valence-corrected chi connectivity index (χ2v) is 11.9. The topological polar surface area (TPSA) is 23.6 Å². The van der Waals surface area contributed by atoms with Crippen LogP contribution in [0.2, 0.25) is 0 Å². The summed E-state index contributed by atoms with van der Waals surface area (Å²) in [5, 5.41) is 0. The number of benzene rings is 2. The van der Waals surface area contributed by atoms with Crippen molar-refractivity contribution in [1.82, 2.24) is 9.80 Å². The first-order valence-corrected chi connectivity index (χ1v) is 13.8. The molecule has 2 aromatic carbocycles. The van der Waals surface area contributed by atoms with Gasteiger partial charge in [0, 0.05) is 32.1 Å². The molecule has 5 aliphatic rings. The molecule has 4 aliphatic carbocycles. The zero-order valence-corrected chi connectivity index (χ0v) is 20.8. The van der Waals surface area contributed by atoms with Crippen molar-refractivity contribution < 1.29 is 4.79 Å². The van der Waals surface area contributed by atoms with Crippen molar-refractivity contribution >= 4 is 5.91 Å². The van der Waals surface area contributed by atoms with Gasteiger partial charge in [-0.05, 0) is 84.9 Å². The van der Waals surface area contributed by atoms with Gasteiger partial charge in [0.1, 0.15) is 0 Å². The van der Waals surface area contributed by atoms with Crippen molar-refractivity contribution in [2.45, 2.75) is 57.8 Å². The number of nitrogens with zero attached hydrogens (tertiary/aromatic N) is 2. The summed E-state index contributed by atoms with van der Waals surface area (Å²) in [5.41, 5.74) is 4.53. The quantitative estimate of drug-likeness (QED) is 0.553. The molecule has 1 atom stereocenters. The summed E-state index contributed by atoms with van der Waals surface area (Å²) in [4.78, 5) is 17.4. The van der Waals surface area contributed by atoms with Crippen LogP contribution in [0.5, 0.6) is 0 Å². The Morgan fingerprint density at radius 3 is 1.94 bits per heavy atom. The van der Waals surface area contributed by atoms with E-state index in [0.717, 1.165) is 56.0 Å². The molecule has 0 radical (unpaired) electrons. The summed E-state index contributed by atoms with van der Waals surface area (Å²) in [7, 11) is 0. The lowest BCUT2D eigenvalue weighted by molar-refractivity contribution is -0.132. The number of piperazine rings is 1. The van der Waals surface area contributed by atoms with Crippen molar-refractivity contribution in [3.05, 3.63) is 71.3 Å². The summed E-state index contributed by atoms with van der Waals surface area (Å²) < 4.78 is 0. The Hall–Kier alpha value is -2.13. The lowest BCUT2D eigenvalue weighted by Gasteiger charge is -2.60. The van der Waals surface area contributed by atoms with Gasteiger partial charge in [0.15, 0.2) is 0 Å². The highest BCUT2D eigenvalue weighted by atomic mass is 16.2. The van der Waals surface area contributed by atoms with Gasteiger partial charge in [-0.25, -0.2) is 0 Å². The standard InChI is InChI=1S/C31H40N2O/c1-2-32-12-14-33(15-13-32)29(34)19-23-8-10-28(11-9-23)30(27-6-4-3-5-7-27)31-20-24-16-25(21-31)18-26(17-24)22-31/h3-11,24-26,30H,2,12-22H2,1H3. The molecule has 0 spiro atoms. The van der Waals surface area contributed by atoms with E-state index in [2.05, 4.69) is 71.3 Å². The maximum absolute atomic E-state index is 12.9. The summed E-state index contributed by atoms with van der Waals surface area (Å²) in [6.07, 6.45) is 9.18. The monoisotopic (exact) mass is 456 g/mol. The Labute approximate surface area is 205 Å². The molecule has 180 valence electrons. The fourth-order valence-corrected chi connectivity index (χ4v) is 8.50. The fourth-order valence-electron chi connectivity index (χ4n) is 8.50. The minimum absolute atomic E-state index is 0.282. The highest BCUT2D eigenvalue weighted by Gasteiger charge is 2.54. The maximum Gasteiger partial charge on any atom is 0.227 e. The lowest BCUT2D eigenvalue weighted by atomic mass is 9.45. The predicted octanol–water partition coefficient (Wildman–Crippen LogP) is 5.74. The van der Waals surface area contributed by atoms with Crippen LogP contribution in [0.25, 0.3) is 0 Å². The van der Waals surface area contributed by atoms with Crippen LogP contribution < -0.4 is 0 Å². The molecular formula is C31H40N2O. The summed E-state index contributed by atoms with van der Waals surface area (Å²) in [5.74, 6) is 3.60. The molecule has 1 unspecified atom stereocenters. The van der Waals surface area contributed by atoms with E-state index in [0.29, 0.717) is 17.8 Å². The van der Waals surface area contributed by atoms with Crippen molar-refractivity contribution in [2.75, 3.05) is 32.7 Å². The number of amides is 1.